The zero-order valence-electron chi connectivity index (χ0n) is 8.96. The third-order valence-corrected chi connectivity index (χ3v) is 1.79. The Balaban J connectivity index is 3.18. The zero-order valence-corrected chi connectivity index (χ0v) is 8.96. The van der Waals surface area contributed by atoms with E-state index >= 15 is 0 Å². The molecule has 5 nitrogen and oxygen atoms in total. The third-order valence-electron chi connectivity index (χ3n) is 1.79. The summed E-state index contributed by atoms with van der Waals surface area (Å²) in [6.45, 7) is 5.66. The molecule has 0 amide bonds. The first kappa shape index (κ1) is 10.6. The molecule has 0 bridgehead atoms. The number of nitrogens with two attached hydrogens (primary N) is 1. The molecule has 0 saturated heterocycles. The molecule has 0 aliphatic carbocycles. The molecule has 0 unspecified atom stereocenters. The van der Waals surface area contributed by atoms with Crippen LogP contribution in [0.1, 0.15) is 25.1 Å². The molecule has 1 aromatic heterocycles. The quantitative estimate of drug-likeness (QED) is 0.554. The number of aryl methyl sites for hydroxylation is 2. The van der Waals surface area contributed by atoms with Crippen LogP contribution in [0.15, 0.2) is 0 Å². The third kappa shape index (κ3) is 1.86. The average molecular weight is 196 g/mol. The van der Waals surface area contributed by atoms with E-state index in [1.165, 1.54) is 0 Å². The van der Waals surface area contributed by atoms with Crippen molar-refractivity contribution < 1.29 is 4.74 Å². The Bertz CT molecular complexity index is 354. The molecule has 5 heteroatoms. The highest BCUT2D eigenvalue weighted by Crippen LogP contribution is 2.21. The van der Waals surface area contributed by atoms with Gasteiger partial charge in [-0.25, -0.2) is 4.68 Å². The van der Waals surface area contributed by atoms with Gasteiger partial charge >= 0.3 is 0 Å². The van der Waals surface area contributed by atoms with Gasteiger partial charge in [-0.05, 0) is 20.8 Å². The molecule has 0 spiro atoms. The summed E-state index contributed by atoms with van der Waals surface area (Å²) in [7, 11) is 1.77. The lowest BCUT2D eigenvalue weighted by Crippen LogP contribution is -2.16. The number of hydrogen-bond donors (Lipinski definition) is 2. The smallest absolute Gasteiger partial charge is 0.223 e. The molecule has 78 valence electrons. The molecule has 0 aliphatic rings. The minimum absolute atomic E-state index is 0.00810. The molecule has 14 heavy (non-hydrogen) atoms. The Morgan fingerprint density at radius 3 is 2.57 bits per heavy atom. The minimum Gasteiger partial charge on any atom is -0.475 e. The SMILES string of the molecule is Cc1nn(C)c(OC(C)C)c1C(=N)N. The van der Waals surface area contributed by atoms with Crippen LogP contribution in [-0.4, -0.2) is 21.7 Å². The van der Waals surface area contributed by atoms with Gasteiger partial charge in [0.15, 0.2) is 0 Å². The van der Waals surface area contributed by atoms with Gasteiger partial charge in [0.2, 0.25) is 5.88 Å². The lowest BCUT2D eigenvalue weighted by molar-refractivity contribution is 0.221. The second-order valence-corrected chi connectivity index (χ2v) is 3.47. The molecule has 1 heterocycles. The number of nitrogens with zero attached hydrogens (tertiary/aromatic N) is 2. The van der Waals surface area contributed by atoms with Gasteiger partial charge < -0.3 is 10.5 Å². The molecular weight excluding hydrogens is 180 g/mol. The van der Waals surface area contributed by atoms with E-state index in [0.29, 0.717) is 11.4 Å². The summed E-state index contributed by atoms with van der Waals surface area (Å²) in [5.74, 6) is 0.552. The van der Waals surface area contributed by atoms with E-state index < -0.39 is 0 Å². The highest BCUT2D eigenvalue weighted by molar-refractivity contribution is 5.98. The van der Waals surface area contributed by atoms with Gasteiger partial charge in [0.1, 0.15) is 11.4 Å². The predicted molar refractivity (Wildman–Crippen MR) is 54.7 cm³/mol. The summed E-state index contributed by atoms with van der Waals surface area (Å²) in [6, 6.07) is 0. The first-order valence-electron chi connectivity index (χ1n) is 4.48. The van der Waals surface area contributed by atoms with Crippen LogP contribution < -0.4 is 10.5 Å². The van der Waals surface area contributed by atoms with E-state index in [1.807, 2.05) is 20.8 Å². The maximum absolute atomic E-state index is 7.42. The van der Waals surface area contributed by atoms with Crippen LogP contribution in [0.25, 0.3) is 0 Å². The van der Waals surface area contributed by atoms with Gasteiger partial charge in [-0.3, -0.25) is 5.41 Å². The number of amidine groups is 1. The number of nitrogens with one attached hydrogen (secondary N) is 1. The van der Waals surface area contributed by atoms with Crippen LogP contribution in [0, 0.1) is 12.3 Å². The average Bonchev–Trinajstić information content (AvgIpc) is 2.25. The zero-order chi connectivity index (χ0) is 10.9. The molecular formula is C9H16N4O. The van der Waals surface area contributed by atoms with Gasteiger partial charge in [-0.2, -0.15) is 5.10 Å². The molecule has 0 aromatic carbocycles. The lowest BCUT2D eigenvalue weighted by atomic mass is 10.2. The first-order chi connectivity index (χ1) is 6.43. The van der Waals surface area contributed by atoms with E-state index in [0.717, 1.165) is 5.69 Å². The number of hydrogen-bond acceptors (Lipinski definition) is 3. The molecule has 0 saturated carbocycles. The minimum atomic E-state index is -0.00810. The predicted octanol–water partition coefficient (Wildman–Crippen LogP) is 0.800. The van der Waals surface area contributed by atoms with Crippen molar-refractivity contribution in [2.45, 2.75) is 26.9 Å². The van der Waals surface area contributed by atoms with Gasteiger partial charge in [0, 0.05) is 7.05 Å². The van der Waals surface area contributed by atoms with Crippen LogP contribution in [0.5, 0.6) is 5.88 Å². The van der Waals surface area contributed by atoms with Gasteiger partial charge in [0.05, 0.1) is 11.8 Å². The lowest BCUT2D eigenvalue weighted by Gasteiger charge is -2.11. The maximum atomic E-state index is 7.42. The van der Waals surface area contributed by atoms with Gasteiger partial charge in [-0.15, -0.1) is 0 Å². The van der Waals surface area contributed by atoms with E-state index in [4.69, 9.17) is 15.9 Å². The number of rotatable bonds is 3. The normalized spacial score (nSPS) is 10.6. The van der Waals surface area contributed by atoms with E-state index in [2.05, 4.69) is 5.10 Å². The molecule has 0 fully saturated rings. The van der Waals surface area contributed by atoms with Crippen molar-refractivity contribution in [2.75, 3.05) is 0 Å². The first-order valence-corrected chi connectivity index (χ1v) is 4.48. The largest absolute Gasteiger partial charge is 0.475 e. The molecule has 0 atom stereocenters. The summed E-state index contributed by atoms with van der Waals surface area (Å²) in [4.78, 5) is 0. The Morgan fingerprint density at radius 2 is 2.14 bits per heavy atom. The Kier molecular flexibility index (Phi) is 2.78. The molecule has 3 N–H and O–H groups in total. The molecule has 1 aromatic rings. The second-order valence-electron chi connectivity index (χ2n) is 3.47. The van der Waals surface area contributed by atoms with Crippen LogP contribution in [0.3, 0.4) is 0 Å². The number of aromatic nitrogens is 2. The van der Waals surface area contributed by atoms with E-state index in [-0.39, 0.29) is 11.9 Å². The van der Waals surface area contributed by atoms with E-state index in [9.17, 15) is 0 Å². The van der Waals surface area contributed by atoms with Crippen LogP contribution in [0.4, 0.5) is 0 Å². The van der Waals surface area contributed by atoms with Crippen molar-refractivity contribution in [2.24, 2.45) is 12.8 Å². The molecule has 0 radical (unpaired) electrons. The van der Waals surface area contributed by atoms with Crippen LogP contribution in [-0.2, 0) is 7.05 Å². The fourth-order valence-corrected chi connectivity index (χ4v) is 1.31. The fourth-order valence-electron chi connectivity index (χ4n) is 1.31. The van der Waals surface area contributed by atoms with Crippen molar-refractivity contribution in [1.82, 2.24) is 9.78 Å². The fraction of sp³-hybridized carbons (Fsp3) is 0.556. The summed E-state index contributed by atoms with van der Waals surface area (Å²) >= 11 is 0. The topological polar surface area (TPSA) is 76.9 Å². The summed E-state index contributed by atoms with van der Waals surface area (Å²) in [5.41, 5.74) is 6.76. The van der Waals surface area contributed by atoms with Crippen LogP contribution >= 0.6 is 0 Å². The van der Waals surface area contributed by atoms with Crippen molar-refractivity contribution in [1.29, 1.82) is 5.41 Å². The molecule has 0 aliphatic heterocycles. The Morgan fingerprint density at radius 1 is 1.57 bits per heavy atom. The number of ether oxygens (including phenoxy) is 1. The summed E-state index contributed by atoms with van der Waals surface area (Å²) < 4.78 is 7.14. The van der Waals surface area contributed by atoms with Crippen molar-refractivity contribution in [3.63, 3.8) is 0 Å². The summed E-state index contributed by atoms with van der Waals surface area (Å²) in [6.07, 6.45) is 0.0444. The van der Waals surface area contributed by atoms with Crippen molar-refractivity contribution >= 4 is 5.84 Å². The van der Waals surface area contributed by atoms with Gasteiger partial charge in [-0.1, -0.05) is 0 Å². The number of nitrogen functional groups attached to an aromatic ring is 1. The highest BCUT2D eigenvalue weighted by Gasteiger charge is 2.17. The highest BCUT2D eigenvalue weighted by atomic mass is 16.5. The van der Waals surface area contributed by atoms with Gasteiger partial charge in [0.25, 0.3) is 0 Å². The van der Waals surface area contributed by atoms with Crippen LogP contribution in [0.2, 0.25) is 0 Å². The molecule has 1 rings (SSSR count). The standard InChI is InChI=1S/C9H16N4O/c1-5(2)14-9-7(8(10)11)6(3)12-13(9)4/h5H,1-4H3,(H3,10,11). The Hall–Kier alpha value is -1.52. The van der Waals surface area contributed by atoms with Crippen molar-refractivity contribution in [3.05, 3.63) is 11.3 Å². The summed E-state index contributed by atoms with van der Waals surface area (Å²) in [5, 5.41) is 11.6. The second kappa shape index (κ2) is 3.69. The van der Waals surface area contributed by atoms with E-state index in [1.54, 1.807) is 11.7 Å². The maximum Gasteiger partial charge on any atom is 0.223 e. The monoisotopic (exact) mass is 196 g/mol. The Labute approximate surface area is 83.4 Å². The van der Waals surface area contributed by atoms with Crippen molar-refractivity contribution in [3.8, 4) is 5.88 Å².